The Hall–Kier alpha value is -4.10. The second-order valence-electron chi connectivity index (χ2n) is 7.65. The average molecular weight is 487 g/mol. The number of furan rings is 1. The Labute approximate surface area is 195 Å². The summed E-state index contributed by atoms with van der Waals surface area (Å²) in [4.78, 5) is 30.4. The third-order valence-corrected chi connectivity index (χ3v) is 6.73. The van der Waals surface area contributed by atoms with E-state index in [1.54, 1.807) is 12.1 Å². The summed E-state index contributed by atoms with van der Waals surface area (Å²) in [5.41, 5.74) is 6.59. The predicted octanol–water partition coefficient (Wildman–Crippen LogP) is 1.75. The number of fused-ring (bicyclic) bond motifs is 1. The Bertz CT molecular complexity index is 1320. The van der Waals surface area contributed by atoms with Crippen LogP contribution in [0.2, 0.25) is 0 Å². The van der Waals surface area contributed by atoms with Gasteiger partial charge in [-0.15, -0.1) is 0 Å². The van der Waals surface area contributed by atoms with E-state index < -0.39 is 34.3 Å². The molecule has 0 radical (unpaired) electrons. The smallest absolute Gasteiger partial charge is 0.338 e. The molecule has 0 spiro atoms. The van der Waals surface area contributed by atoms with Crippen LogP contribution >= 0.6 is 0 Å². The van der Waals surface area contributed by atoms with Crippen molar-refractivity contribution in [3.8, 4) is 0 Å². The maximum atomic E-state index is 12.7. The molecule has 0 fully saturated rings. The molecular formula is C21H22N6O6S. The van der Waals surface area contributed by atoms with E-state index in [-0.39, 0.29) is 22.8 Å². The second kappa shape index (κ2) is 8.68. The molecular weight excluding hydrogens is 464 g/mol. The zero-order valence-electron chi connectivity index (χ0n) is 18.2. The zero-order chi connectivity index (χ0) is 24.6. The molecule has 1 aromatic carbocycles. The summed E-state index contributed by atoms with van der Waals surface area (Å²) in [6.07, 6.45) is 2.03. The SMILES string of the molecule is CN(C)S(=O)(=O)Nc1ccc(C(C(N)=O)N2c3c(C(=O)O)ccnc3NC2c2ccco2)cc1. The molecule has 0 bridgehead atoms. The van der Waals surface area contributed by atoms with Crippen LogP contribution in [0.3, 0.4) is 0 Å². The molecule has 13 heteroatoms. The number of aromatic carboxylic acids is 1. The van der Waals surface area contributed by atoms with E-state index in [0.717, 1.165) is 4.31 Å². The summed E-state index contributed by atoms with van der Waals surface area (Å²) in [6, 6.07) is 9.58. The highest BCUT2D eigenvalue weighted by Gasteiger charge is 2.42. The van der Waals surface area contributed by atoms with Gasteiger partial charge in [0.25, 0.3) is 0 Å². The molecule has 2 unspecified atom stereocenters. The molecule has 2 aromatic heterocycles. The lowest BCUT2D eigenvalue weighted by Gasteiger charge is -2.32. The summed E-state index contributed by atoms with van der Waals surface area (Å²) in [7, 11) is -0.946. The number of anilines is 3. The molecule has 178 valence electrons. The number of hydrogen-bond acceptors (Lipinski definition) is 8. The van der Waals surface area contributed by atoms with Crippen LogP contribution in [-0.4, -0.2) is 48.8 Å². The summed E-state index contributed by atoms with van der Waals surface area (Å²) >= 11 is 0. The number of rotatable bonds is 8. The number of benzene rings is 1. The molecule has 4 rings (SSSR count). The van der Waals surface area contributed by atoms with Crippen molar-refractivity contribution < 1.29 is 27.5 Å². The maximum Gasteiger partial charge on any atom is 0.338 e. The zero-order valence-corrected chi connectivity index (χ0v) is 19.0. The standard InChI is InChI=1S/C21H22N6O6S/c1-26(2)34(31,32)25-13-7-5-12(6-8-13)16(18(22)28)27-17-14(21(29)30)9-10-23-19(17)24-20(27)15-4-3-11-33-15/h3-11,16,20,25H,1-2H3,(H2,22,28)(H,23,24)(H,29,30). The highest BCUT2D eigenvalue weighted by Crippen LogP contribution is 2.47. The molecule has 34 heavy (non-hydrogen) atoms. The number of primary amides is 1. The number of amides is 1. The van der Waals surface area contributed by atoms with E-state index in [0.29, 0.717) is 11.3 Å². The average Bonchev–Trinajstić information content (AvgIpc) is 3.42. The van der Waals surface area contributed by atoms with Gasteiger partial charge in [0, 0.05) is 26.0 Å². The maximum absolute atomic E-state index is 12.7. The van der Waals surface area contributed by atoms with Gasteiger partial charge in [0.15, 0.2) is 12.0 Å². The minimum absolute atomic E-state index is 0.0758. The second-order valence-corrected chi connectivity index (χ2v) is 9.53. The van der Waals surface area contributed by atoms with Crippen molar-refractivity contribution in [1.82, 2.24) is 9.29 Å². The predicted molar refractivity (Wildman–Crippen MR) is 123 cm³/mol. The summed E-state index contributed by atoms with van der Waals surface area (Å²) in [6.45, 7) is 0. The first-order chi connectivity index (χ1) is 16.1. The Kier molecular flexibility index (Phi) is 5.89. The third kappa shape index (κ3) is 4.13. The van der Waals surface area contributed by atoms with Gasteiger partial charge in [-0.2, -0.15) is 12.7 Å². The number of aromatic nitrogens is 1. The van der Waals surface area contributed by atoms with E-state index in [1.165, 1.54) is 61.8 Å². The van der Waals surface area contributed by atoms with Gasteiger partial charge in [-0.3, -0.25) is 9.52 Å². The van der Waals surface area contributed by atoms with Crippen LogP contribution in [-0.2, 0) is 15.0 Å². The fourth-order valence-corrected chi connectivity index (χ4v) is 4.31. The van der Waals surface area contributed by atoms with Crippen molar-refractivity contribution in [1.29, 1.82) is 0 Å². The number of pyridine rings is 1. The number of hydrogen-bond donors (Lipinski definition) is 4. The van der Waals surface area contributed by atoms with Crippen molar-refractivity contribution >= 4 is 39.3 Å². The summed E-state index contributed by atoms with van der Waals surface area (Å²) in [5.74, 6) is -1.30. The number of nitrogens with two attached hydrogens (primary N) is 1. The van der Waals surface area contributed by atoms with Crippen molar-refractivity contribution in [3.05, 3.63) is 71.8 Å². The Morgan fingerprint density at radius 3 is 2.50 bits per heavy atom. The molecule has 1 aliphatic heterocycles. The topological polar surface area (TPSA) is 171 Å². The number of carboxylic acid groups (broad SMARTS) is 1. The lowest BCUT2D eigenvalue weighted by molar-refractivity contribution is -0.119. The number of carbonyl (C=O) groups excluding carboxylic acids is 1. The monoisotopic (exact) mass is 486 g/mol. The fourth-order valence-electron chi connectivity index (χ4n) is 3.69. The molecule has 0 aliphatic carbocycles. The van der Waals surface area contributed by atoms with Gasteiger partial charge < -0.3 is 25.5 Å². The molecule has 12 nitrogen and oxygen atoms in total. The minimum Gasteiger partial charge on any atom is -0.478 e. The van der Waals surface area contributed by atoms with Crippen LogP contribution in [0.15, 0.2) is 59.3 Å². The van der Waals surface area contributed by atoms with Gasteiger partial charge in [-0.05, 0) is 35.9 Å². The minimum atomic E-state index is -3.72. The Morgan fingerprint density at radius 1 is 1.24 bits per heavy atom. The van der Waals surface area contributed by atoms with Gasteiger partial charge in [-0.25, -0.2) is 9.78 Å². The van der Waals surface area contributed by atoms with Crippen LogP contribution in [0, 0.1) is 0 Å². The number of carbonyl (C=O) groups is 2. The van der Waals surface area contributed by atoms with E-state index in [1.807, 2.05) is 0 Å². The van der Waals surface area contributed by atoms with E-state index in [4.69, 9.17) is 10.2 Å². The van der Waals surface area contributed by atoms with Crippen LogP contribution in [0.25, 0.3) is 0 Å². The largest absolute Gasteiger partial charge is 0.478 e. The Morgan fingerprint density at radius 2 is 1.94 bits per heavy atom. The van der Waals surface area contributed by atoms with E-state index >= 15 is 0 Å². The number of carboxylic acids is 1. The molecule has 1 aliphatic rings. The molecule has 2 atom stereocenters. The molecule has 3 aromatic rings. The lowest BCUT2D eigenvalue weighted by atomic mass is 10.0. The first-order valence-corrected chi connectivity index (χ1v) is 11.4. The number of nitrogens with one attached hydrogen (secondary N) is 2. The molecule has 3 heterocycles. The van der Waals surface area contributed by atoms with Crippen LogP contribution in [0.1, 0.15) is 33.9 Å². The quantitative estimate of drug-likeness (QED) is 0.370. The van der Waals surface area contributed by atoms with E-state index in [9.17, 15) is 23.1 Å². The normalized spacial score (nSPS) is 16.1. The van der Waals surface area contributed by atoms with Crippen LogP contribution in [0.5, 0.6) is 0 Å². The molecule has 0 saturated heterocycles. The number of nitrogens with zero attached hydrogens (tertiary/aromatic N) is 3. The van der Waals surface area contributed by atoms with Gasteiger partial charge in [0.1, 0.15) is 11.8 Å². The van der Waals surface area contributed by atoms with Gasteiger partial charge in [0.05, 0.1) is 17.5 Å². The summed E-state index contributed by atoms with van der Waals surface area (Å²) < 4.78 is 33.2. The van der Waals surface area contributed by atoms with Gasteiger partial charge in [-0.1, -0.05) is 12.1 Å². The van der Waals surface area contributed by atoms with Crippen LogP contribution < -0.4 is 20.7 Å². The van der Waals surface area contributed by atoms with Crippen molar-refractivity contribution in [2.45, 2.75) is 12.2 Å². The lowest BCUT2D eigenvalue weighted by Crippen LogP contribution is -2.40. The molecule has 0 saturated carbocycles. The van der Waals surface area contributed by atoms with Crippen molar-refractivity contribution in [2.24, 2.45) is 5.73 Å². The fraction of sp³-hybridized carbons (Fsp3) is 0.190. The third-order valence-electron chi connectivity index (χ3n) is 5.28. The van der Waals surface area contributed by atoms with Gasteiger partial charge in [0.2, 0.25) is 5.91 Å². The first kappa shape index (κ1) is 23.1. The molecule has 1 amide bonds. The Balaban J connectivity index is 1.80. The van der Waals surface area contributed by atoms with Crippen molar-refractivity contribution in [2.75, 3.05) is 29.0 Å². The highest BCUT2D eigenvalue weighted by molar-refractivity contribution is 7.90. The van der Waals surface area contributed by atoms with E-state index in [2.05, 4.69) is 15.0 Å². The summed E-state index contributed by atoms with van der Waals surface area (Å²) in [5, 5.41) is 12.9. The van der Waals surface area contributed by atoms with Crippen molar-refractivity contribution in [3.63, 3.8) is 0 Å². The first-order valence-electron chi connectivity index (χ1n) is 10.0. The van der Waals surface area contributed by atoms with Crippen LogP contribution in [0.4, 0.5) is 17.2 Å². The highest BCUT2D eigenvalue weighted by atomic mass is 32.2. The molecule has 5 N–H and O–H groups in total. The van der Waals surface area contributed by atoms with Gasteiger partial charge >= 0.3 is 16.2 Å².